The van der Waals surface area contributed by atoms with Gasteiger partial charge in [-0.3, -0.25) is 0 Å². The van der Waals surface area contributed by atoms with Crippen LogP contribution in [0.4, 0.5) is 0 Å². The molecule has 12 heavy (non-hydrogen) atoms. The van der Waals surface area contributed by atoms with Gasteiger partial charge in [-0.15, -0.1) is 6.42 Å². The van der Waals surface area contributed by atoms with Crippen molar-refractivity contribution in [3.63, 3.8) is 0 Å². The van der Waals surface area contributed by atoms with E-state index in [-0.39, 0.29) is 5.54 Å². The molecule has 2 N–H and O–H groups in total. The summed E-state index contributed by atoms with van der Waals surface area (Å²) in [6.07, 6.45) is 6.72. The Hall–Kier alpha value is -1.10. The van der Waals surface area contributed by atoms with E-state index in [4.69, 9.17) is 12.2 Å². The van der Waals surface area contributed by atoms with E-state index < -0.39 is 0 Å². The van der Waals surface area contributed by atoms with E-state index in [1.807, 2.05) is 0 Å². The topological polar surface area (TPSA) is 29.3 Å². The van der Waals surface area contributed by atoms with Crippen molar-refractivity contribution in [2.75, 3.05) is 6.54 Å². The predicted octanol–water partition coefficient (Wildman–Crippen LogP) is 1.54. The van der Waals surface area contributed by atoms with Crippen molar-refractivity contribution in [1.29, 1.82) is 0 Å². The van der Waals surface area contributed by atoms with Gasteiger partial charge in [-0.25, -0.2) is 0 Å². The maximum atomic E-state index is 5.77. The van der Waals surface area contributed by atoms with Crippen LogP contribution in [-0.4, -0.2) is 17.0 Å². The molecule has 0 aromatic rings. The molecule has 0 aromatic heterocycles. The summed E-state index contributed by atoms with van der Waals surface area (Å²) in [5, 5.41) is 0. The van der Waals surface area contributed by atoms with Gasteiger partial charge in [-0.05, 0) is 27.7 Å². The Morgan fingerprint density at radius 3 is 2.33 bits per heavy atom. The Kier molecular flexibility index (Phi) is 3.69. The first kappa shape index (κ1) is 10.9. The molecule has 0 amide bonds. The Bertz CT molecular complexity index is 203. The maximum absolute atomic E-state index is 5.77. The largest absolute Gasteiger partial charge is 0.385 e. The molecule has 0 radical (unpaired) electrons. The molecule has 0 heterocycles. The first-order valence-electron chi connectivity index (χ1n) is 4.13. The van der Waals surface area contributed by atoms with Crippen LogP contribution in [0, 0.1) is 12.3 Å². The summed E-state index contributed by atoms with van der Waals surface area (Å²) >= 11 is 0. The molecular formula is C10H18N2. The number of hydrogen-bond acceptors (Lipinski definition) is 2. The molecule has 2 heteroatoms. The minimum Gasteiger partial charge on any atom is -0.385 e. The summed E-state index contributed by atoms with van der Waals surface area (Å²) in [6.45, 7) is 9.24. The highest BCUT2D eigenvalue weighted by molar-refractivity contribution is 5.15. The number of allylic oxidation sites excluding steroid dienone is 1. The van der Waals surface area contributed by atoms with Crippen molar-refractivity contribution in [3.05, 3.63) is 11.9 Å². The lowest BCUT2D eigenvalue weighted by molar-refractivity contribution is 0.192. The molecule has 68 valence electrons. The maximum Gasteiger partial charge on any atom is 0.108 e. The van der Waals surface area contributed by atoms with Crippen LogP contribution in [0.3, 0.4) is 0 Å². The molecule has 0 rings (SSSR count). The second-order valence-corrected chi connectivity index (χ2v) is 3.65. The predicted molar refractivity (Wildman–Crippen MR) is 53.2 cm³/mol. The molecule has 0 spiro atoms. The van der Waals surface area contributed by atoms with E-state index in [1.165, 1.54) is 0 Å². The molecule has 0 aliphatic carbocycles. The van der Waals surface area contributed by atoms with Crippen molar-refractivity contribution in [2.24, 2.45) is 5.73 Å². The molecule has 0 unspecified atom stereocenters. The van der Waals surface area contributed by atoms with Gasteiger partial charge >= 0.3 is 0 Å². The van der Waals surface area contributed by atoms with E-state index in [0.29, 0.717) is 5.82 Å². The van der Waals surface area contributed by atoms with Gasteiger partial charge in [0.25, 0.3) is 0 Å². The molecule has 2 nitrogen and oxygen atoms in total. The summed E-state index contributed by atoms with van der Waals surface area (Å²) in [4.78, 5) is 2.06. The van der Waals surface area contributed by atoms with E-state index in [0.717, 1.165) is 6.54 Å². The minimum atomic E-state index is 0.0339. The van der Waals surface area contributed by atoms with Gasteiger partial charge in [0.2, 0.25) is 0 Å². The highest BCUT2D eigenvalue weighted by atomic mass is 15.2. The Balaban J connectivity index is 4.60. The molecule has 0 aliphatic heterocycles. The fraction of sp³-hybridized carbons (Fsp3) is 0.600. The van der Waals surface area contributed by atoms with Crippen molar-refractivity contribution >= 4 is 0 Å². The molecule has 0 aliphatic rings. The number of rotatable bonds is 2. The lowest BCUT2D eigenvalue weighted by Gasteiger charge is -2.36. The average molecular weight is 166 g/mol. The highest BCUT2D eigenvalue weighted by Crippen LogP contribution is 2.15. The van der Waals surface area contributed by atoms with Gasteiger partial charge < -0.3 is 10.6 Å². The zero-order chi connectivity index (χ0) is 9.78. The van der Waals surface area contributed by atoms with Gasteiger partial charge in [-0.2, -0.15) is 0 Å². The molecule has 0 bridgehead atoms. The lowest BCUT2D eigenvalue weighted by Crippen LogP contribution is -2.42. The second kappa shape index (κ2) is 4.06. The van der Waals surface area contributed by atoms with Crippen LogP contribution < -0.4 is 5.73 Å². The van der Waals surface area contributed by atoms with Crippen LogP contribution in [0.2, 0.25) is 0 Å². The van der Waals surface area contributed by atoms with Crippen LogP contribution >= 0.6 is 0 Å². The third kappa shape index (κ3) is 2.87. The highest BCUT2D eigenvalue weighted by Gasteiger charge is 2.19. The Morgan fingerprint density at radius 1 is 1.58 bits per heavy atom. The normalized spacial score (nSPS) is 12.4. The number of hydrogen-bond donors (Lipinski definition) is 1. The fourth-order valence-electron chi connectivity index (χ4n) is 1.21. The van der Waals surface area contributed by atoms with Gasteiger partial charge in [0, 0.05) is 18.2 Å². The van der Waals surface area contributed by atoms with Crippen molar-refractivity contribution < 1.29 is 0 Å². The molecule has 0 saturated heterocycles. The molecular weight excluding hydrogens is 148 g/mol. The van der Waals surface area contributed by atoms with Crippen LogP contribution in [0.5, 0.6) is 0 Å². The standard InChI is InChI=1S/C10H18N2/c1-6-8-9(11)12(7-2)10(3,4)5/h1,8H,7,11H2,2-5H3/b9-8-. The van der Waals surface area contributed by atoms with Crippen molar-refractivity contribution in [1.82, 2.24) is 4.90 Å². The van der Waals surface area contributed by atoms with E-state index in [9.17, 15) is 0 Å². The summed E-state index contributed by atoms with van der Waals surface area (Å²) in [7, 11) is 0. The Labute approximate surface area is 75.4 Å². The molecule has 0 aromatic carbocycles. The van der Waals surface area contributed by atoms with Gasteiger partial charge in [-0.1, -0.05) is 5.92 Å². The van der Waals surface area contributed by atoms with Crippen molar-refractivity contribution in [3.8, 4) is 12.3 Å². The van der Waals surface area contributed by atoms with Crippen molar-refractivity contribution in [2.45, 2.75) is 33.2 Å². The third-order valence-electron chi connectivity index (χ3n) is 1.67. The number of nitrogens with zero attached hydrogens (tertiary/aromatic N) is 1. The van der Waals surface area contributed by atoms with E-state index >= 15 is 0 Å². The summed E-state index contributed by atoms with van der Waals surface area (Å²) in [6, 6.07) is 0. The van der Waals surface area contributed by atoms with Gasteiger partial charge in [0.1, 0.15) is 5.82 Å². The monoisotopic (exact) mass is 166 g/mol. The first-order valence-corrected chi connectivity index (χ1v) is 4.13. The summed E-state index contributed by atoms with van der Waals surface area (Å²) in [5.74, 6) is 3.09. The van der Waals surface area contributed by atoms with Crippen LogP contribution in [-0.2, 0) is 0 Å². The molecule has 0 saturated carbocycles. The third-order valence-corrected chi connectivity index (χ3v) is 1.67. The van der Waals surface area contributed by atoms with Crippen LogP contribution in [0.1, 0.15) is 27.7 Å². The summed E-state index contributed by atoms with van der Waals surface area (Å²) < 4.78 is 0. The molecule has 0 fully saturated rings. The average Bonchev–Trinajstić information content (AvgIpc) is 1.85. The SMILES string of the molecule is C#C/C=C(/N)N(CC)C(C)(C)C. The zero-order valence-corrected chi connectivity index (χ0v) is 8.39. The van der Waals surface area contributed by atoms with Gasteiger partial charge in [0.05, 0.1) is 0 Å². The number of terminal acetylenes is 1. The van der Waals surface area contributed by atoms with Crippen LogP contribution in [0.15, 0.2) is 11.9 Å². The quantitative estimate of drug-likeness (QED) is 0.630. The zero-order valence-electron chi connectivity index (χ0n) is 8.39. The lowest BCUT2D eigenvalue weighted by atomic mass is 10.1. The van der Waals surface area contributed by atoms with Gasteiger partial charge in [0.15, 0.2) is 0 Å². The Morgan fingerprint density at radius 2 is 2.08 bits per heavy atom. The smallest absolute Gasteiger partial charge is 0.108 e. The summed E-state index contributed by atoms with van der Waals surface area (Å²) in [5.41, 5.74) is 5.80. The number of nitrogens with two attached hydrogens (primary N) is 1. The van der Waals surface area contributed by atoms with E-state index in [2.05, 4.69) is 38.5 Å². The molecule has 0 atom stereocenters. The second-order valence-electron chi connectivity index (χ2n) is 3.65. The first-order chi connectivity index (χ1) is 5.43. The minimum absolute atomic E-state index is 0.0339. The van der Waals surface area contributed by atoms with E-state index in [1.54, 1.807) is 6.08 Å². The van der Waals surface area contributed by atoms with Crippen LogP contribution in [0.25, 0.3) is 0 Å². The fourth-order valence-corrected chi connectivity index (χ4v) is 1.21.